The fraction of sp³-hybridized carbons (Fsp3) is 0.770. The number of aliphatic hydroxyl groups excluding tert-OH is 1. The summed E-state index contributed by atoms with van der Waals surface area (Å²) in [5, 5.41) is 21.3. The number of carbonyl (C=O) groups is 11. The van der Waals surface area contributed by atoms with Gasteiger partial charge in [-0.05, 0) is 69.6 Å². The summed E-state index contributed by atoms with van der Waals surface area (Å²) in [6, 6.07) is -6.87. The first-order valence-corrected chi connectivity index (χ1v) is 40.6. The number of nitrogens with zero attached hydrogens (tertiary/aromatic N) is 9. The van der Waals surface area contributed by atoms with Gasteiger partial charge in [0.2, 0.25) is 47.3 Å². The van der Waals surface area contributed by atoms with Crippen LogP contribution in [-0.4, -0.2) is 278 Å². The van der Waals surface area contributed by atoms with E-state index in [0.717, 1.165) is 57.4 Å². The van der Waals surface area contributed by atoms with Crippen LogP contribution in [0.15, 0.2) is 18.2 Å². The number of halogens is 4. The SMILES string of the molecule is CC[C@H](C)[C@@H]1NC(=O)[C@H](CC(C)C)N(C)C(=O)C[C@@H](C(O)N2CCCCC2)N(C)C(=O)[C@H](COC)N(C)C(=O)C2(CCCC2)NC(=O)[C@@H]2CCCN2C(=O)[C@H](CCc2ccc(C(F)(F)F)c(C3C[I-]C3)c2)NC(=O)CN(C)C(=O)[C@H](CC2CCCCC2)N(C)C(=O)[C@@H]2CCN2C(=O)[C@H](C)N(C)C1=O. The standard InChI is InChI=1S/C74H115F3IN12O13/c1-13-46(4)62-71(101)83(7)47(5)65(95)90-36-30-55(90)68(98)85(9)57(39-48-23-16-14-17-24-48)67(97)82(6)43-60(91)79-53(29-27-49-26-28-52(74(75,76)77)51(38-49)50-41-78-42-50)66(96)89-35-22-25-54(89)64(94)81-73(31-18-19-32-73)72(102)87(11)59(44-103-12)69(99)86(10)58(70(100)88-33-20-15-21-34-88)40-61(92)84(8)56(37-45(2)3)63(93)80-62/h26,28,38,45-48,50,53-59,62,70,100H,13-25,27,29-37,39-44H2,1-12H3,(H,79,91)(H,80,93)(H,81,94)/q-1/t46-,47-,53-,54-,55-,56-,57-,58-,59-,62-,70?/m0/s1. The van der Waals surface area contributed by atoms with E-state index in [0.29, 0.717) is 53.2 Å². The topological polar surface area (TPSA) is 282 Å². The van der Waals surface area contributed by atoms with Gasteiger partial charge >= 0.3 is 183 Å². The molecular weight excluding hydrogens is 1450 g/mol. The number of amides is 11. The van der Waals surface area contributed by atoms with Crippen LogP contribution >= 0.6 is 0 Å². The molecule has 0 radical (unpaired) electrons. The number of fused-ring (bicyclic) bond motifs is 2. The van der Waals surface area contributed by atoms with Gasteiger partial charge in [0.05, 0.1) is 19.1 Å². The van der Waals surface area contributed by atoms with Crippen LogP contribution in [0.4, 0.5) is 13.2 Å². The Bertz CT molecular complexity index is 3200. The van der Waals surface area contributed by atoms with E-state index in [1.165, 1.54) is 108 Å². The molecule has 1 aromatic carbocycles. The van der Waals surface area contributed by atoms with E-state index >= 15 is 28.8 Å². The quantitative estimate of drug-likeness (QED) is 0.151. The number of hydrogen-bond acceptors (Lipinski definition) is 14. The molecule has 103 heavy (non-hydrogen) atoms. The molecule has 5 heterocycles. The molecule has 0 bridgehead atoms. The Balaban J connectivity index is 1.17. The number of ether oxygens (including phenoxy) is 1. The maximum absolute atomic E-state index is 15.4. The molecule has 11 atom stereocenters. The summed E-state index contributed by atoms with van der Waals surface area (Å²) in [4.78, 5) is 178. The van der Waals surface area contributed by atoms with Crippen molar-refractivity contribution in [1.29, 1.82) is 0 Å². The van der Waals surface area contributed by atoms with Crippen LogP contribution in [0.5, 0.6) is 0 Å². The minimum atomic E-state index is -4.60. The van der Waals surface area contributed by atoms with Crippen LogP contribution in [0.3, 0.4) is 0 Å². The number of likely N-dealkylation sites (tertiary alicyclic amines) is 1. The molecule has 29 heteroatoms. The molecule has 1 aromatic rings. The van der Waals surface area contributed by atoms with Gasteiger partial charge in [0.25, 0.3) is 0 Å². The van der Waals surface area contributed by atoms with Crippen molar-refractivity contribution in [2.75, 3.05) is 97.6 Å². The van der Waals surface area contributed by atoms with E-state index in [1.807, 2.05) is 20.8 Å². The monoisotopic (exact) mass is 1560 g/mol. The number of piperidine rings is 1. The molecule has 578 valence electrons. The Morgan fingerprint density at radius 1 is 0.660 bits per heavy atom. The number of methoxy groups -OCH3 is 1. The first-order chi connectivity index (χ1) is 48.7. The normalized spacial score (nSPS) is 28.7. The van der Waals surface area contributed by atoms with Crippen LogP contribution < -0.4 is 37.2 Å². The predicted molar refractivity (Wildman–Crippen MR) is 374 cm³/mol. The number of hydrogen-bond donors (Lipinski definition) is 4. The summed E-state index contributed by atoms with van der Waals surface area (Å²) < 4.78 is 50.5. The Hall–Kier alpha value is -6.21. The fourth-order valence-electron chi connectivity index (χ4n) is 16.1. The van der Waals surface area contributed by atoms with E-state index in [-0.39, 0.29) is 116 Å². The first-order valence-electron chi connectivity index (χ1n) is 37.5. The van der Waals surface area contributed by atoms with Crippen molar-refractivity contribution in [2.24, 2.45) is 17.8 Å². The zero-order chi connectivity index (χ0) is 75.5. The Morgan fingerprint density at radius 2 is 1.31 bits per heavy atom. The average Bonchev–Trinajstić information content (AvgIpc) is 1.30. The van der Waals surface area contributed by atoms with E-state index in [1.54, 1.807) is 11.8 Å². The van der Waals surface area contributed by atoms with Crippen molar-refractivity contribution in [2.45, 2.75) is 248 Å². The molecule has 11 amide bonds. The molecule has 25 nitrogen and oxygen atoms in total. The van der Waals surface area contributed by atoms with Crippen molar-refractivity contribution in [3.8, 4) is 0 Å². The van der Waals surface area contributed by atoms with Crippen molar-refractivity contribution in [3.05, 3.63) is 34.9 Å². The summed E-state index contributed by atoms with van der Waals surface area (Å²) in [5.41, 5.74) is -1.62. The number of carbonyl (C=O) groups excluding carboxylic acids is 11. The molecular formula is C74H115F3IN12O13-. The second-order valence-corrected chi connectivity index (χ2v) is 33.6. The third kappa shape index (κ3) is 19.5. The summed E-state index contributed by atoms with van der Waals surface area (Å²) in [7, 11) is 10.0. The van der Waals surface area contributed by atoms with Gasteiger partial charge in [-0.2, -0.15) is 0 Å². The fourth-order valence-corrected chi connectivity index (χ4v) is 18.3. The summed E-state index contributed by atoms with van der Waals surface area (Å²) in [6.07, 6.45) is 3.06. The summed E-state index contributed by atoms with van der Waals surface area (Å²) in [5.74, 6) is -7.85. The molecule has 5 aliphatic heterocycles. The number of rotatable bonds is 14. The van der Waals surface area contributed by atoms with E-state index < -0.39 is 162 Å². The molecule has 0 aromatic heterocycles. The Morgan fingerprint density at radius 3 is 1.90 bits per heavy atom. The smallest absolute Gasteiger partial charge is 0.332 e. The third-order valence-electron chi connectivity index (χ3n) is 23.3. The Kier molecular flexibility index (Phi) is 29.1. The number of aryl methyl sites for hydroxylation is 1. The molecule has 2 aliphatic carbocycles. The summed E-state index contributed by atoms with van der Waals surface area (Å²) in [6.45, 7) is 9.11. The second-order valence-electron chi connectivity index (χ2n) is 30.7. The molecule has 7 aliphatic rings. The third-order valence-corrected chi connectivity index (χ3v) is 26.6. The van der Waals surface area contributed by atoms with Gasteiger partial charge in [-0.15, -0.1) is 0 Å². The van der Waals surface area contributed by atoms with Crippen LogP contribution in [0.2, 0.25) is 0 Å². The minimum absolute atomic E-state index is 0.0339. The zero-order valence-corrected chi connectivity index (χ0v) is 64.9. The molecule has 7 fully saturated rings. The van der Waals surface area contributed by atoms with E-state index in [2.05, 4.69) is 16.0 Å². The van der Waals surface area contributed by atoms with Crippen molar-refractivity contribution in [3.63, 3.8) is 0 Å². The van der Waals surface area contributed by atoms with Crippen molar-refractivity contribution < 1.29 is 97.0 Å². The molecule has 4 N–H and O–H groups in total. The van der Waals surface area contributed by atoms with Gasteiger partial charge in [0.15, 0.2) is 0 Å². The first kappa shape index (κ1) is 82.4. The van der Waals surface area contributed by atoms with Crippen LogP contribution in [0.25, 0.3) is 0 Å². The van der Waals surface area contributed by atoms with Crippen molar-refractivity contribution >= 4 is 65.0 Å². The number of benzene rings is 1. The van der Waals surface area contributed by atoms with Crippen LogP contribution in [0.1, 0.15) is 186 Å². The number of nitrogens with one attached hydrogen (secondary N) is 3. The summed E-state index contributed by atoms with van der Waals surface area (Å²) >= 11 is -0.214. The average molecular weight is 1560 g/mol. The van der Waals surface area contributed by atoms with Crippen LogP contribution in [0, 0.1) is 17.8 Å². The van der Waals surface area contributed by atoms with E-state index in [4.69, 9.17) is 4.74 Å². The molecule has 2 saturated carbocycles. The van der Waals surface area contributed by atoms with Gasteiger partial charge in [0.1, 0.15) is 48.0 Å². The minimum Gasteiger partial charge on any atom is -0.332 e. The predicted octanol–water partition coefficient (Wildman–Crippen LogP) is 1.34. The maximum atomic E-state index is 15.4. The molecule has 1 spiro atoms. The molecule has 8 rings (SSSR count). The molecule has 5 saturated heterocycles. The van der Waals surface area contributed by atoms with Crippen molar-refractivity contribution in [1.82, 2.24) is 60.0 Å². The number of likely N-dealkylation sites (N-methyl/N-ethyl adjacent to an activating group) is 6. The molecule has 1 unspecified atom stereocenters. The van der Waals surface area contributed by atoms with Gasteiger partial charge in [0, 0.05) is 69.0 Å². The second kappa shape index (κ2) is 36.4. The Labute approximate surface area is 616 Å². The number of aliphatic hydroxyl groups is 1. The van der Waals surface area contributed by atoms with E-state index in [9.17, 15) is 42.3 Å². The number of alkyl halides is 5. The van der Waals surface area contributed by atoms with Gasteiger partial charge < -0.3 is 49.9 Å². The van der Waals surface area contributed by atoms with Gasteiger partial charge in [-0.25, -0.2) is 0 Å². The van der Waals surface area contributed by atoms with Gasteiger partial charge in [-0.1, -0.05) is 85.5 Å². The zero-order valence-electron chi connectivity index (χ0n) is 62.7. The van der Waals surface area contributed by atoms with Gasteiger partial charge in [-0.3, -0.25) is 48.1 Å². The van der Waals surface area contributed by atoms with Crippen LogP contribution in [-0.2, 0) is 70.1 Å².